The standard InChI is InChI=1S/C15H13ClFNO/c1-2-10-6-7-13(9-14(10)17)18-15(19)11-4-3-5-12(16)8-11/h3-9H,2H2,1H3,(H,18,19). The van der Waals surface area contributed by atoms with Crippen molar-refractivity contribution in [1.82, 2.24) is 0 Å². The van der Waals surface area contributed by atoms with E-state index in [9.17, 15) is 9.18 Å². The first-order valence-electron chi connectivity index (χ1n) is 5.95. The molecule has 0 spiro atoms. The molecular formula is C15H13ClFNO. The molecule has 0 aromatic heterocycles. The average molecular weight is 278 g/mol. The normalized spacial score (nSPS) is 10.3. The lowest BCUT2D eigenvalue weighted by Gasteiger charge is -2.07. The molecular weight excluding hydrogens is 265 g/mol. The molecule has 0 atom stereocenters. The fraction of sp³-hybridized carbons (Fsp3) is 0.133. The molecule has 0 aliphatic rings. The summed E-state index contributed by atoms with van der Waals surface area (Å²) >= 11 is 5.82. The van der Waals surface area contributed by atoms with Crippen LogP contribution in [0.25, 0.3) is 0 Å². The highest BCUT2D eigenvalue weighted by molar-refractivity contribution is 6.31. The maximum Gasteiger partial charge on any atom is 0.255 e. The Morgan fingerprint density at radius 2 is 2.05 bits per heavy atom. The van der Waals surface area contributed by atoms with Crippen LogP contribution < -0.4 is 5.32 Å². The first-order chi connectivity index (χ1) is 9.10. The number of benzene rings is 2. The smallest absolute Gasteiger partial charge is 0.255 e. The second kappa shape index (κ2) is 5.85. The van der Waals surface area contributed by atoms with E-state index in [1.165, 1.54) is 6.07 Å². The summed E-state index contributed by atoms with van der Waals surface area (Å²) in [5, 5.41) is 3.13. The van der Waals surface area contributed by atoms with E-state index in [1.807, 2.05) is 6.92 Å². The van der Waals surface area contributed by atoms with Crippen molar-refractivity contribution in [3.8, 4) is 0 Å². The summed E-state index contributed by atoms with van der Waals surface area (Å²) in [6, 6.07) is 11.3. The van der Waals surface area contributed by atoms with Gasteiger partial charge < -0.3 is 5.32 Å². The summed E-state index contributed by atoms with van der Waals surface area (Å²) in [5.74, 6) is -0.627. The molecule has 4 heteroatoms. The summed E-state index contributed by atoms with van der Waals surface area (Å²) in [7, 11) is 0. The number of hydrogen-bond acceptors (Lipinski definition) is 1. The highest BCUT2D eigenvalue weighted by Gasteiger charge is 2.08. The van der Waals surface area contributed by atoms with Crippen LogP contribution in [-0.2, 0) is 6.42 Å². The van der Waals surface area contributed by atoms with Crippen LogP contribution in [0.4, 0.5) is 10.1 Å². The first-order valence-corrected chi connectivity index (χ1v) is 6.33. The molecule has 2 aromatic rings. The number of aryl methyl sites for hydroxylation is 1. The highest BCUT2D eigenvalue weighted by atomic mass is 35.5. The fourth-order valence-electron chi connectivity index (χ4n) is 1.74. The molecule has 1 N–H and O–H groups in total. The van der Waals surface area contributed by atoms with Gasteiger partial charge in [0.2, 0.25) is 0 Å². The summed E-state index contributed by atoms with van der Waals surface area (Å²) in [6.45, 7) is 1.88. The Kier molecular flexibility index (Phi) is 4.17. The minimum atomic E-state index is -0.314. The first kappa shape index (κ1) is 13.6. The van der Waals surface area contributed by atoms with E-state index in [2.05, 4.69) is 5.32 Å². The Morgan fingerprint density at radius 3 is 2.68 bits per heavy atom. The molecule has 0 bridgehead atoms. The van der Waals surface area contributed by atoms with Gasteiger partial charge in [-0.3, -0.25) is 4.79 Å². The molecule has 19 heavy (non-hydrogen) atoms. The second-order valence-corrected chi connectivity index (χ2v) is 4.56. The summed E-state index contributed by atoms with van der Waals surface area (Å²) in [4.78, 5) is 11.9. The summed E-state index contributed by atoms with van der Waals surface area (Å²) in [5.41, 5.74) is 1.49. The Morgan fingerprint density at radius 1 is 1.26 bits per heavy atom. The third kappa shape index (κ3) is 3.32. The molecule has 0 heterocycles. The van der Waals surface area contributed by atoms with Crippen molar-refractivity contribution in [3.05, 3.63) is 64.4 Å². The lowest BCUT2D eigenvalue weighted by molar-refractivity contribution is 0.102. The zero-order valence-corrected chi connectivity index (χ0v) is 11.2. The third-order valence-electron chi connectivity index (χ3n) is 2.78. The maximum absolute atomic E-state index is 13.6. The van der Waals surface area contributed by atoms with Crippen LogP contribution in [0.5, 0.6) is 0 Å². The van der Waals surface area contributed by atoms with Crippen LogP contribution in [0, 0.1) is 5.82 Å². The molecule has 0 saturated carbocycles. The molecule has 0 aliphatic heterocycles. The van der Waals surface area contributed by atoms with E-state index in [0.717, 1.165) is 0 Å². The van der Waals surface area contributed by atoms with Gasteiger partial charge in [-0.05, 0) is 42.3 Å². The van der Waals surface area contributed by atoms with E-state index in [-0.39, 0.29) is 11.7 Å². The Hall–Kier alpha value is -1.87. The van der Waals surface area contributed by atoms with E-state index >= 15 is 0 Å². The van der Waals surface area contributed by atoms with Crippen LogP contribution in [-0.4, -0.2) is 5.91 Å². The zero-order valence-electron chi connectivity index (χ0n) is 10.4. The number of anilines is 1. The van der Waals surface area contributed by atoms with Gasteiger partial charge in [-0.2, -0.15) is 0 Å². The van der Waals surface area contributed by atoms with Crippen molar-refractivity contribution in [2.24, 2.45) is 0 Å². The van der Waals surface area contributed by atoms with Crippen molar-refractivity contribution < 1.29 is 9.18 Å². The van der Waals surface area contributed by atoms with Gasteiger partial charge >= 0.3 is 0 Å². The highest BCUT2D eigenvalue weighted by Crippen LogP contribution is 2.17. The van der Waals surface area contributed by atoms with Gasteiger partial charge in [0.25, 0.3) is 5.91 Å². The number of carbonyl (C=O) groups is 1. The van der Waals surface area contributed by atoms with Gasteiger partial charge in [0.15, 0.2) is 0 Å². The predicted octanol–water partition coefficient (Wildman–Crippen LogP) is 4.29. The minimum absolute atomic E-state index is 0.314. The zero-order chi connectivity index (χ0) is 13.8. The molecule has 2 aromatic carbocycles. The van der Waals surface area contributed by atoms with E-state index in [0.29, 0.717) is 28.3 Å². The molecule has 2 rings (SSSR count). The lowest BCUT2D eigenvalue weighted by atomic mass is 10.1. The van der Waals surface area contributed by atoms with E-state index in [1.54, 1.807) is 36.4 Å². The Balaban J connectivity index is 2.17. The molecule has 1 amide bonds. The quantitative estimate of drug-likeness (QED) is 0.891. The fourth-order valence-corrected chi connectivity index (χ4v) is 1.94. The topological polar surface area (TPSA) is 29.1 Å². The van der Waals surface area contributed by atoms with Gasteiger partial charge in [-0.1, -0.05) is 30.7 Å². The van der Waals surface area contributed by atoms with Crippen molar-refractivity contribution in [2.45, 2.75) is 13.3 Å². The van der Waals surface area contributed by atoms with Crippen LogP contribution in [0.2, 0.25) is 5.02 Å². The third-order valence-corrected chi connectivity index (χ3v) is 3.01. The average Bonchev–Trinajstić information content (AvgIpc) is 2.39. The Bertz CT molecular complexity index is 613. The minimum Gasteiger partial charge on any atom is -0.322 e. The molecule has 0 radical (unpaired) electrons. The van der Waals surface area contributed by atoms with Gasteiger partial charge in [-0.15, -0.1) is 0 Å². The van der Waals surface area contributed by atoms with E-state index in [4.69, 9.17) is 11.6 Å². The number of nitrogens with one attached hydrogen (secondary N) is 1. The van der Waals surface area contributed by atoms with Crippen molar-refractivity contribution in [1.29, 1.82) is 0 Å². The Labute approximate surface area is 116 Å². The van der Waals surface area contributed by atoms with Crippen molar-refractivity contribution in [2.75, 3.05) is 5.32 Å². The van der Waals surface area contributed by atoms with Crippen LogP contribution in [0.15, 0.2) is 42.5 Å². The van der Waals surface area contributed by atoms with Gasteiger partial charge in [0.1, 0.15) is 5.82 Å². The molecule has 0 unspecified atom stereocenters. The number of halogens is 2. The SMILES string of the molecule is CCc1ccc(NC(=O)c2cccc(Cl)c2)cc1F. The van der Waals surface area contributed by atoms with Gasteiger partial charge in [0.05, 0.1) is 0 Å². The summed E-state index contributed by atoms with van der Waals surface area (Å²) < 4.78 is 13.6. The molecule has 0 fully saturated rings. The predicted molar refractivity (Wildman–Crippen MR) is 75.2 cm³/mol. The molecule has 2 nitrogen and oxygen atoms in total. The van der Waals surface area contributed by atoms with Gasteiger partial charge in [0, 0.05) is 16.3 Å². The number of amides is 1. The molecule has 0 aliphatic carbocycles. The number of carbonyl (C=O) groups excluding carboxylic acids is 1. The largest absolute Gasteiger partial charge is 0.322 e. The molecule has 98 valence electrons. The van der Waals surface area contributed by atoms with Crippen LogP contribution in [0.1, 0.15) is 22.8 Å². The lowest BCUT2D eigenvalue weighted by Crippen LogP contribution is -2.12. The van der Waals surface area contributed by atoms with Crippen LogP contribution >= 0.6 is 11.6 Å². The second-order valence-electron chi connectivity index (χ2n) is 4.12. The monoisotopic (exact) mass is 277 g/mol. The van der Waals surface area contributed by atoms with Crippen molar-refractivity contribution in [3.63, 3.8) is 0 Å². The van der Waals surface area contributed by atoms with Crippen molar-refractivity contribution >= 4 is 23.2 Å². The van der Waals surface area contributed by atoms with Gasteiger partial charge in [-0.25, -0.2) is 4.39 Å². The van der Waals surface area contributed by atoms with E-state index < -0.39 is 0 Å². The maximum atomic E-state index is 13.6. The molecule has 0 saturated heterocycles. The van der Waals surface area contributed by atoms with Crippen LogP contribution in [0.3, 0.4) is 0 Å². The summed E-state index contributed by atoms with van der Waals surface area (Å²) in [6.07, 6.45) is 0.619. The number of hydrogen-bond donors (Lipinski definition) is 1. The number of rotatable bonds is 3.